The van der Waals surface area contributed by atoms with Crippen molar-refractivity contribution in [3.8, 4) is 0 Å². The first kappa shape index (κ1) is 12.2. The Hall–Kier alpha value is -0.810. The van der Waals surface area contributed by atoms with Crippen LogP contribution in [0, 0.1) is 0 Å². The smallest absolute Gasteiger partial charge is 0.292 e. The molecule has 0 aromatic heterocycles. The highest BCUT2D eigenvalue weighted by Gasteiger charge is 2.54. The number of rotatable bonds is 0. The molecule has 2 aliphatic heterocycles. The molecule has 2 aliphatic rings. The van der Waals surface area contributed by atoms with E-state index in [4.69, 9.17) is 32.7 Å². The zero-order valence-electron chi connectivity index (χ0n) is 9.70. The normalized spacial score (nSPS) is 21.5. The van der Waals surface area contributed by atoms with Crippen LogP contribution in [0.3, 0.4) is 0 Å². The van der Waals surface area contributed by atoms with Gasteiger partial charge in [0, 0.05) is 12.6 Å². The van der Waals surface area contributed by atoms with Gasteiger partial charge in [-0.05, 0) is 18.6 Å². The van der Waals surface area contributed by atoms with Crippen LogP contribution in [-0.2, 0) is 20.1 Å². The van der Waals surface area contributed by atoms with Gasteiger partial charge in [0.25, 0.3) is 11.7 Å². The Morgan fingerprint density at radius 3 is 2.61 bits per heavy atom. The Morgan fingerprint density at radius 1 is 1.28 bits per heavy atom. The van der Waals surface area contributed by atoms with Crippen molar-refractivity contribution in [2.24, 2.45) is 0 Å². The molecule has 0 N–H and O–H groups in total. The van der Waals surface area contributed by atoms with Gasteiger partial charge in [0.15, 0.2) is 0 Å². The number of benzene rings is 1. The highest BCUT2D eigenvalue weighted by Crippen LogP contribution is 2.49. The minimum atomic E-state index is -1.34. The summed E-state index contributed by atoms with van der Waals surface area (Å²) in [4.78, 5) is 13.8. The molecule has 0 atom stereocenters. The predicted octanol–water partition coefficient (Wildman–Crippen LogP) is 2.56. The number of hydrogen-bond acceptors (Lipinski definition) is 3. The average molecular weight is 288 g/mol. The van der Waals surface area contributed by atoms with E-state index in [-0.39, 0.29) is 5.91 Å². The van der Waals surface area contributed by atoms with Gasteiger partial charge in [-0.2, -0.15) is 0 Å². The predicted molar refractivity (Wildman–Crippen MR) is 68.1 cm³/mol. The third-order valence-electron chi connectivity index (χ3n) is 3.24. The van der Waals surface area contributed by atoms with Crippen molar-refractivity contribution >= 4 is 34.8 Å². The standard InChI is InChI=1S/C12H11Cl2NO3/c1-15-10-7(3-4-8(13)9(10)14)12(11(15)16)17-5-2-6-18-12/h3-4H,2,5-6H2,1H3. The number of anilines is 1. The summed E-state index contributed by atoms with van der Waals surface area (Å²) in [5.74, 6) is -1.60. The molecule has 0 saturated carbocycles. The highest BCUT2D eigenvalue weighted by atomic mass is 35.5. The molecule has 1 aromatic carbocycles. The Labute approximate surface area is 114 Å². The maximum atomic E-state index is 12.4. The molecular formula is C12H11Cl2NO3. The van der Waals surface area contributed by atoms with Gasteiger partial charge in [-0.1, -0.05) is 23.2 Å². The molecule has 1 saturated heterocycles. The van der Waals surface area contributed by atoms with Crippen LogP contribution in [0.4, 0.5) is 5.69 Å². The Bertz CT molecular complexity index is 526. The monoisotopic (exact) mass is 287 g/mol. The van der Waals surface area contributed by atoms with Crippen molar-refractivity contribution in [3.63, 3.8) is 0 Å². The first-order valence-electron chi connectivity index (χ1n) is 5.62. The number of nitrogens with zero attached hydrogens (tertiary/aromatic N) is 1. The topological polar surface area (TPSA) is 38.8 Å². The van der Waals surface area contributed by atoms with Crippen molar-refractivity contribution in [2.75, 3.05) is 25.2 Å². The van der Waals surface area contributed by atoms with Crippen molar-refractivity contribution in [1.29, 1.82) is 0 Å². The molecule has 0 unspecified atom stereocenters. The molecular weight excluding hydrogens is 277 g/mol. The van der Waals surface area contributed by atoms with Crippen LogP contribution in [0.1, 0.15) is 12.0 Å². The van der Waals surface area contributed by atoms with Gasteiger partial charge in [-0.15, -0.1) is 0 Å². The zero-order chi connectivity index (χ0) is 12.9. The Morgan fingerprint density at radius 2 is 1.94 bits per heavy atom. The number of hydrogen-bond donors (Lipinski definition) is 0. The summed E-state index contributed by atoms with van der Waals surface area (Å²) in [6.45, 7) is 0.971. The van der Waals surface area contributed by atoms with Gasteiger partial charge >= 0.3 is 0 Å². The van der Waals surface area contributed by atoms with Crippen molar-refractivity contribution in [2.45, 2.75) is 12.2 Å². The number of ether oxygens (including phenoxy) is 2. The van der Waals surface area contributed by atoms with Crippen LogP contribution in [0.2, 0.25) is 10.0 Å². The van der Waals surface area contributed by atoms with Crippen LogP contribution < -0.4 is 4.90 Å². The minimum Gasteiger partial charge on any atom is -0.338 e. The number of likely N-dealkylation sites (N-methyl/N-ethyl adjacent to an activating group) is 1. The highest BCUT2D eigenvalue weighted by molar-refractivity contribution is 6.44. The first-order chi connectivity index (χ1) is 8.58. The van der Waals surface area contributed by atoms with Gasteiger partial charge in [0.2, 0.25) is 0 Å². The number of halogens is 2. The van der Waals surface area contributed by atoms with E-state index < -0.39 is 5.79 Å². The third-order valence-corrected chi connectivity index (χ3v) is 4.04. The number of fused-ring (bicyclic) bond motifs is 2. The van der Waals surface area contributed by atoms with E-state index >= 15 is 0 Å². The van der Waals surface area contributed by atoms with Crippen LogP contribution >= 0.6 is 23.2 Å². The van der Waals surface area contributed by atoms with Gasteiger partial charge in [-0.3, -0.25) is 4.79 Å². The second-order valence-corrected chi connectivity index (χ2v) is 5.07. The fourth-order valence-corrected chi connectivity index (χ4v) is 2.83. The van der Waals surface area contributed by atoms with E-state index in [9.17, 15) is 4.79 Å². The fraction of sp³-hybridized carbons (Fsp3) is 0.417. The molecule has 96 valence electrons. The molecule has 1 fully saturated rings. The summed E-state index contributed by atoms with van der Waals surface area (Å²) >= 11 is 12.1. The summed E-state index contributed by atoms with van der Waals surface area (Å²) in [6, 6.07) is 3.38. The Balaban J connectivity index is 2.22. The lowest BCUT2D eigenvalue weighted by molar-refractivity contribution is -0.256. The summed E-state index contributed by atoms with van der Waals surface area (Å²) in [5.41, 5.74) is 1.19. The molecule has 3 rings (SSSR count). The van der Waals surface area contributed by atoms with E-state index in [2.05, 4.69) is 0 Å². The number of carbonyl (C=O) groups is 1. The van der Waals surface area contributed by atoms with E-state index in [1.807, 2.05) is 0 Å². The third kappa shape index (κ3) is 1.43. The molecule has 0 aliphatic carbocycles. The molecule has 6 heteroatoms. The van der Waals surface area contributed by atoms with E-state index in [1.54, 1.807) is 19.2 Å². The van der Waals surface area contributed by atoms with Crippen LogP contribution in [-0.4, -0.2) is 26.2 Å². The van der Waals surface area contributed by atoms with Crippen molar-refractivity contribution in [1.82, 2.24) is 0 Å². The first-order valence-corrected chi connectivity index (χ1v) is 6.38. The summed E-state index contributed by atoms with van der Waals surface area (Å²) in [7, 11) is 1.64. The second kappa shape index (κ2) is 4.10. The summed E-state index contributed by atoms with van der Waals surface area (Å²) in [6.07, 6.45) is 0.773. The van der Waals surface area contributed by atoms with Crippen molar-refractivity contribution < 1.29 is 14.3 Å². The fourth-order valence-electron chi connectivity index (χ4n) is 2.38. The molecule has 1 spiro atoms. The molecule has 0 bridgehead atoms. The second-order valence-electron chi connectivity index (χ2n) is 4.29. The quantitative estimate of drug-likeness (QED) is 0.736. The van der Waals surface area contributed by atoms with E-state index in [1.165, 1.54) is 4.90 Å². The summed E-state index contributed by atoms with van der Waals surface area (Å²) in [5, 5.41) is 0.752. The zero-order valence-corrected chi connectivity index (χ0v) is 11.2. The number of carbonyl (C=O) groups excluding carboxylic acids is 1. The molecule has 0 radical (unpaired) electrons. The van der Waals surface area contributed by atoms with Gasteiger partial charge in [0.1, 0.15) is 0 Å². The summed E-state index contributed by atoms with van der Waals surface area (Å²) < 4.78 is 11.2. The molecule has 18 heavy (non-hydrogen) atoms. The minimum absolute atomic E-state index is 0.263. The van der Waals surface area contributed by atoms with Gasteiger partial charge in [0.05, 0.1) is 28.9 Å². The van der Waals surface area contributed by atoms with Gasteiger partial charge < -0.3 is 14.4 Å². The molecule has 4 nitrogen and oxygen atoms in total. The van der Waals surface area contributed by atoms with Crippen LogP contribution in [0.5, 0.6) is 0 Å². The van der Waals surface area contributed by atoms with Crippen LogP contribution in [0.25, 0.3) is 0 Å². The molecule has 1 aromatic rings. The average Bonchev–Trinajstić information content (AvgIpc) is 2.58. The molecule has 2 heterocycles. The van der Waals surface area contributed by atoms with E-state index in [0.29, 0.717) is 34.5 Å². The lowest BCUT2D eigenvalue weighted by Crippen LogP contribution is -2.46. The number of amides is 1. The SMILES string of the molecule is CN1C(=O)C2(OCCCO2)c2ccc(Cl)c(Cl)c21. The van der Waals surface area contributed by atoms with E-state index in [0.717, 1.165) is 6.42 Å². The maximum absolute atomic E-state index is 12.4. The largest absolute Gasteiger partial charge is 0.338 e. The van der Waals surface area contributed by atoms with Crippen molar-refractivity contribution in [3.05, 3.63) is 27.7 Å². The molecule has 1 amide bonds. The lowest BCUT2D eigenvalue weighted by atomic mass is 10.1. The van der Waals surface area contributed by atoms with Crippen LogP contribution in [0.15, 0.2) is 12.1 Å². The van der Waals surface area contributed by atoms with Gasteiger partial charge in [-0.25, -0.2) is 0 Å². The Kier molecular flexibility index (Phi) is 2.79. The maximum Gasteiger partial charge on any atom is 0.292 e. The lowest BCUT2D eigenvalue weighted by Gasteiger charge is -2.32.